The third-order valence-corrected chi connectivity index (χ3v) is 6.36. The number of anilines is 1. The number of hydrogen-bond acceptors (Lipinski definition) is 5. The number of pyridine rings is 1. The Morgan fingerprint density at radius 2 is 1.80 bits per heavy atom. The van der Waals surface area contributed by atoms with Crippen molar-refractivity contribution in [3.8, 4) is 0 Å². The van der Waals surface area contributed by atoms with Crippen molar-refractivity contribution in [1.29, 1.82) is 0 Å². The summed E-state index contributed by atoms with van der Waals surface area (Å²) in [6.45, 7) is 3.54. The summed E-state index contributed by atoms with van der Waals surface area (Å²) < 4.78 is 23.1. The summed E-state index contributed by atoms with van der Waals surface area (Å²) in [6, 6.07) is 11.2. The lowest BCUT2D eigenvalue weighted by Gasteiger charge is -2.28. The molecule has 0 atom stereocenters. The Labute approximate surface area is 179 Å². The summed E-state index contributed by atoms with van der Waals surface area (Å²) in [5, 5.41) is 6.65. The van der Waals surface area contributed by atoms with Gasteiger partial charge in [0.25, 0.3) is 0 Å². The maximum absolute atomic E-state index is 11.5. The van der Waals surface area contributed by atoms with Crippen molar-refractivity contribution in [2.45, 2.75) is 37.1 Å². The van der Waals surface area contributed by atoms with Gasteiger partial charge >= 0.3 is 0 Å². The maximum atomic E-state index is 11.5. The molecule has 1 aromatic heterocycles. The molecule has 1 saturated heterocycles. The number of benzene rings is 1. The zero-order chi connectivity index (χ0) is 21.4. The largest absolute Gasteiger partial charge is 0.357 e. The molecular formula is C22H31N5O2S. The van der Waals surface area contributed by atoms with Crippen LogP contribution in [0, 0.1) is 0 Å². The van der Waals surface area contributed by atoms with Crippen molar-refractivity contribution in [3.63, 3.8) is 0 Å². The van der Waals surface area contributed by atoms with Gasteiger partial charge in [0.2, 0.25) is 0 Å². The minimum atomic E-state index is -3.15. The third kappa shape index (κ3) is 6.45. The van der Waals surface area contributed by atoms with Crippen LogP contribution in [0.1, 0.15) is 30.4 Å². The smallest absolute Gasteiger partial charge is 0.191 e. The van der Waals surface area contributed by atoms with Crippen LogP contribution in [0.15, 0.2) is 52.5 Å². The van der Waals surface area contributed by atoms with Gasteiger partial charge in [-0.1, -0.05) is 12.1 Å². The molecule has 7 nitrogen and oxygen atoms in total. The molecule has 1 aliphatic rings. The van der Waals surface area contributed by atoms with Gasteiger partial charge in [-0.2, -0.15) is 0 Å². The standard InChI is InChI=1S/C22H31N5O2S/c1-23-22(25-13-10-18-6-8-20(9-7-18)30(2,28)29)26-17-19-11-12-24-21(16-19)27-14-4-3-5-15-27/h6-9,11-12,16H,3-5,10,13-15,17H2,1-2H3,(H2,23,25,26). The first-order valence-electron chi connectivity index (χ1n) is 10.4. The monoisotopic (exact) mass is 429 g/mol. The Kier molecular flexibility index (Phi) is 7.68. The average molecular weight is 430 g/mol. The first-order valence-corrected chi connectivity index (χ1v) is 12.3. The molecule has 30 heavy (non-hydrogen) atoms. The molecule has 0 saturated carbocycles. The predicted octanol–water partition coefficient (Wildman–Crippen LogP) is 2.38. The van der Waals surface area contributed by atoms with E-state index in [1.165, 1.54) is 31.1 Å². The van der Waals surface area contributed by atoms with Gasteiger partial charge in [0.15, 0.2) is 15.8 Å². The Morgan fingerprint density at radius 1 is 1.07 bits per heavy atom. The van der Waals surface area contributed by atoms with E-state index in [0.717, 1.165) is 36.9 Å². The first kappa shape index (κ1) is 22.1. The van der Waals surface area contributed by atoms with Gasteiger partial charge in [0, 0.05) is 45.7 Å². The summed E-state index contributed by atoms with van der Waals surface area (Å²) in [6.07, 6.45) is 7.64. The Balaban J connectivity index is 1.47. The summed E-state index contributed by atoms with van der Waals surface area (Å²) in [4.78, 5) is 11.5. The van der Waals surface area contributed by atoms with Crippen LogP contribution in [0.3, 0.4) is 0 Å². The van der Waals surface area contributed by atoms with Crippen molar-refractivity contribution < 1.29 is 8.42 Å². The lowest BCUT2D eigenvalue weighted by molar-refractivity contribution is 0.573. The van der Waals surface area contributed by atoms with Crippen LogP contribution in [0.4, 0.5) is 5.82 Å². The molecular weight excluding hydrogens is 398 g/mol. The lowest BCUT2D eigenvalue weighted by Crippen LogP contribution is -2.38. The minimum Gasteiger partial charge on any atom is -0.357 e. The van der Waals surface area contributed by atoms with Gasteiger partial charge in [-0.05, 0) is 61.1 Å². The van der Waals surface area contributed by atoms with E-state index < -0.39 is 9.84 Å². The van der Waals surface area contributed by atoms with Crippen LogP contribution < -0.4 is 15.5 Å². The lowest BCUT2D eigenvalue weighted by atomic mass is 10.1. The highest BCUT2D eigenvalue weighted by atomic mass is 32.2. The number of aromatic nitrogens is 1. The summed E-state index contributed by atoms with van der Waals surface area (Å²) in [5.74, 6) is 1.79. The van der Waals surface area contributed by atoms with Gasteiger partial charge in [-0.15, -0.1) is 0 Å². The predicted molar refractivity (Wildman–Crippen MR) is 122 cm³/mol. The van der Waals surface area contributed by atoms with Gasteiger partial charge in [0.1, 0.15) is 5.82 Å². The molecule has 8 heteroatoms. The summed E-state index contributed by atoms with van der Waals surface area (Å²) in [5.41, 5.74) is 2.25. The van der Waals surface area contributed by atoms with Crippen molar-refractivity contribution in [2.75, 3.05) is 37.8 Å². The highest BCUT2D eigenvalue weighted by molar-refractivity contribution is 7.90. The molecule has 0 bridgehead atoms. The summed E-state index contributed by atoms with van der Waals surface area (Å²) >= 11 is 0. The van der Waals surface area contributed by atoms with Crippen molar-refractivity contribution in [2.24, 2.45) is 4.99 Å². The summed E-state index contributed by atoms with van der Waals surface area (Å²) in [7, 11) is -1.40. The van der Waals surface area contributed by atoms with Gasteiger partial charge < -0.3 is 15.5 Å². The van der Waals surface area contributed by atoms with Crippen molar-refractivity contribution in [1.82, 2.24) is 15.6 Å². The van der Waals surface area contributed by atoms with E-state index in [-0.39, 0.29) is 0 Å². The van der Waals surface area contributed by atoms with E-state index in [9.17, 15) is 8.42 Å². The molecule has 2 heterocycles. The SMILES string of the molecule is CN=C(NCCc1ccc(S(C)(=O)=O)cc1)NCc1ccnc(N2CCCCC2)c1. The number of hydrogen-bond donors (Lipinski definition) is 2. The van der Waals surface area contributed by atoms with Crippen LogP contribution in [0.2, 0.25) is 0 Å². The molecule has 0 radical (unpaired) electrons. The van der Waals surface area contributed by atoms with E-state index in [2.05, 4.69) is 31.6 Å². The van der Waals surface area contributed by atoms with E-state index in [1.807, 2.05) is 24.4 Å². The molecule has 1 aliphatic heterocycles. The minimum absolute atomic E-state index is 0.345. The van der Waals surface area contributed by atoms with E-state index in [0.29, 0.717) is 18.0 Å². The first-order chi connectivity index (χ1) is 14.5. The fourth-order valence-corrected chi connectivity index (χ4v) is 4.13. The van der Waals surface area contributed by atoms with E-state index in [1.54, 1.807) is 19.2 Å². The Bertz CT molecular complexity index is 952. The number of sulfone groups is 1. The number of nitrogens with zero attached hydrogens (tertiary/aromatic N) is 3. The second kappa shape index (κ2) is 10.4. The van der Waals surface area contributed by atoms with Crippen LogP contribution in [-0.4, -0.2) is 52.3 Å². The molecule has 0 unspecified atom stereocenters. The molecule has 1 fully saturated rings. The van der Waals surface area contributed by atoms with Gasteiger partial charge in [-0.3, -0.25) is 4.99 Å². The van der Waals surface area contributed by atoms with Crippen LogP contribution in [0.5, 0.6) is 0 Å². The molecule has 0 spiro atoms. The van der Waals surface area contributed by atoms with Gasteiger partial charge in [0.05, 0.1) is 4.90 Å². The fraction of sp³-hybridized carbons (Fsp3) is 0.455. The van der Waals surface area contributed by atoms with Crippen LogP contribution in [-0.2, 0) is 22.8 Å². The molecule has 0 amide bonds. The van der Waals surface area contributed by atoms with Crippen LogP contribution >= 0.6 is 0 Å². The molecule has 1 aromatic carbocycles. The fourth-order valence-electron chi connectivity index (χ4n) is 3.50. The number of aliphatic imine (C=N–C) groups is 1. The quantitative estimate of drug-likeness (QED) is 0.519. The molecule has 0 aliphatic carbocycles. The second-order valence-electron chi connectivity index (χ2n) is 7.59. The zero-order valence-corrected chi connectivity index (χ0v) is 18.6. The highest BCUT2D eigenvalue weighted by Crippen LogP contribution is 2.18. The maximum Gasteiger partial charge on any atom is 0.191 e. The Morgan fingerprint density at radius 3 is 2.47 bits per heavy atom. The van der Waals surface area contributed by atoms with Crippen LogP contribution in [0.25, 0.3) is 0 Å². The van der Waals surface area contributed by atoms with Crippen molar-refractivity contribution in [3.05, 3.63) is 53.7 Å². The molecule has 2 N–H and O–H groups in total. The molecule has 3 rings (SSSR count). The van der Waals surface area contributed by atoms with E-state index in [4.69, 9.17) is 0 Å². The molecule has 162 valence electrons. The normalized spacial score (nSPS) is 15.1. The Hall–Kier alpha value is -2.61. The highest BCUT2D eigenvalue weighted by Gasteiger charge is 2.12. The average Bonchev–Trinajstić information content (AvgIpc) is 2.76. The number of piperidine rings is 1. The third-order valence-electron chi connectivity index (χ3n) is 5.23. The number of rotatable bonds is 7. The number of guanidine groups is 1. The van der Waals surface area contributed by atoms with Gasteiger partial charge in [-0.25, -0.2) is 13.4 Å². The van der Waals surface area contributed by atoms with E-state index >= 15 is 0 Å². The zero-order valence-electron chi connectivity index (χ0n) is 17.8. The topological polar surface area (TPSA) is 86.7 Å². The molecule has 2 aromatic rings. The second-order valence-corrected chi connectivity index (χ2v) is 9.60. The number of nitrogens with one attached hydrogen (secondary N) is 2. The van der Waals surface area contributed by atoms with Crippen molar-refractivity contribution >= 4 is 21.6 Å².